The molecule has 2 aromatic rings. The molecule has 0 saturated carbocycles. The number of rotatable bonds is 5. The van der Waals surface area contributed by atoms with Gasteiger partial charge in [-0.1, -0.05) is 52.1 Å². The minimum absolute atomic E-state index is 0.0142. The molecule has 1 aromatic carbocycles. The molecule has 3 rings (SSSR count). The second kappa shape index (κ2) is 7.75. The van der Waals surface area contributed by atoms with Crippen molar-refractivity contribution in [2.75, 3.05) is 11.9 Å². The second-order valence-electron chi connectivity index (χ2n) is 9.36. The number of anilines is 1. The van der Waals surface area contributed by atoms with Crippen LogP contribution in [0.1, 0.15) is 26.3 Å². The summed E-state index contributed by atoms with van der Waals surface area (Å²) in [6, 6.07) is 13.0. The second-order valence-corrected chi connectivity index (χ2v) is 14.5. The molecule has 1 saturated heterocycles. The molecule has 1 aromatic heterocycles. The molecule has 0 N–H and O–H groups in total. The van der Waals surface area contributed by atoms with E-state index in [-0.39, 0.29) is 22.8 Å². The first kappa shape index (κ1) is 21.2. The standard InChI is InChI=1S/C23H31N3O2Si/c1-23(2,3)29(5,6)26-20(22(28)25(4)18-10-8-7-9-11-18)19(21(26)27)16-17-12-14-24-15-13-17/h7-15,19-20H,16H2,1-6H3/t19-,20+/m1/s1. The number of benzene rings is 1. The number of β-lactam (4-membered cyclic amide) rings is 1. The summed E-state index contributed by atoms with van der Waals surface area (Å²) in [4.78, 5) is 32.7. The molecule has 6 heteroatoms. The van der Waals surface area contributed by atoms with Gasteiger partial charge in [0.2, 0.25) is 11.8 Å². The van der Waals surface area contributed by atoms with Crippen LogP contribution in [0.4, 0.5) is 5.69 Å². The lowest BCUT2D eigenvalue weighted by Crippen LogP contribution is -2.76. The number of nitrogens with zero attached hydrogens (tertiary/aromatic N) is 3. The van der Waals surface area contributed by atoms with E-state index in [4.69, 9.17) is 0 Å². The van der Waals surface area contributed by atoms with Crippen LogP contribution in [0.25, 0.3) is 0 Å². The molecule has 1 aliphatic rings. The predicted octanol–water partition coefficient (Wildman–Crippen LogP) is 4.12. The molecule has 2 atom stereocenters. The van der Waals surface area contributed by atoms with Gasteiger partial charge < -0.3 is 9.47 Å². The molecule has 154 valence electrons. The summed E-state index contributed by atoms with van der Waals surface area (Å²) in [5, 5.41) is -0.0336. The van der Waals surface area contributed by atoms with Crippen LogP contribution in [0.15, 0.2) is 54.9 Å². The number of aromatic nitrogens is 1. The first-order valence-electron chi connectivity index (χ1n) is 10.1. The third kappa shape index (κ3) is 3.86. The lowest BCUT2D eigenvalue weighted by Gasteiger charge is -2.58. The van der Waals surface area contributed by atoms with Crippen LogP contribution in [-0.2, 0) is 16.0 Å². The normalized spacial score (nSPS) is 19.7. The van der Waals surface area contributed by atoms with Gasteiger partial charge in [0.15, 0.2) is 8.24 Å². The molecule has 0 radical (unpaired) electrons. The van der Waals surface area contributed by atoms with Gasteiger partial charge in [0.1, 0.15) is 6.04 Å². The fourth-order valence-corrected chi connectivity index (χ4v) is 6.19. The van der Waals surface area contributed by atoms with E-state index >= 15 is 0 Å². The van der Waals surface area contributed by atoms with Gasteiger partial charge in [-0.05, 0) is 41.3 Å². The summed E-state index contributed by atoms with van der Waals surface area (Å²) < 4.78 is 1.95. The summed E-state index contributed by atoms with van der Waals surface area (Å²) in [6.07, 6.45) is 4.03. The van der Waals surface area contributed by atoms with E-state index in [2.05, 4.69) is 38.8 Å². The minimum Gasteiger partial charge on any atom is -0.357 e. The number of amides is 2. The van der Waals surface area contributed by atoms with Crippen molar-refractivity contribution >= 4 is 25.7 Å². The molecular formula is C23H31N3O2Si. The Morgan fingerprint density at radius 3 is 2.24 bits per heavy atom. The SMILES string of the molecule is CN(C(=O)[C@@H]1[C@@H](Cc2ccncc2)C(=O)N1[Si](C)(C)C(C)(C)C)c1ccccc1. The van der Waals surface area contributed by atoms with E-state index in [1.54, 1.807) is 24.3 Å². The average Bonchev–Trinajstić information content (AvgIpc) is 2.69. The van der Waals surface area contributed by atoms with Crippen LogP contribution >= 0.6 is 0 Å². The summed E-state index contributed by atoms with van der Waals surface area (Å²) in [5.74, 6) is -0.238. The molecule has 2 amide bonds. The van der Waals surface area contributed by atoms with Gasteiger partial charge >= 0.3 is 0 Å². The Hall–Kier alpha value is -2.47. The predicted molar refractivity (Wildman–Crippen MR) is 119 cm³/mol. The molecule has 29 heavy (non-hydrogen) atoms. The number of para-hydroxylation sites is 1. The maximum absolute atomic E-state index is 13.6. The third-order valence-electron chi connectivity index (χ3n) is 6.58. The number of hydrogen-bond acceptors (Lipinski definition) is 3. The Labute approximate surface area is 174 Å². The average molecular weight is 410 g/mol. The van der Waals surface area contributed by atoms with Crippen molar-refractivity contribution in [3.05, 3.63) is 60.4 Å². The highest BCUT2D eigenvalue weighted by molar-refractivity contribution is 6.80. The molecule has 0 unspecified atom stereocenters. The van der Waals surface area contributed by atoms with Crippen LogP contribution in [0, 0.1) is 5.92 Å². The monoisotopic (exact) mass is 409 g/mol. The van der Waals surface area contributed by atoms with Crippen LogP contribution in [0.5, 0.6) is 0 Å². The summed E-state index contributed by atoms with van der Waals surface area (Å²) in [7, 11) is -0.393. The first-order valence-corrected chi connectivity index (χ1v) is 13.0. The number of pyridine rings is 1. The summed E-state index contributed by atoms with van der Waals surface area (Å²) in [5.41, 5.74) is 1.88. The van der Waals surface area contributed by atoms with Gasteiger partial charge in [0.05, 0.1) is 5.92 Å². The van der Waals surface area contributed by atoms with Crippen LogP contribution in [-0.4, -0.2) is 42.7 Å². The molecule has 2 heterocycles. The number of likely N-dealkylation sites (N-methyl/N-ethyl adjacent to an activating group) is 1. The zero-order valence-corrected chi connectivity index (χ0v) is 19.2. The molecule has 1 fully saturated rings. The van der Waals surface area contributed by atoms with E-state index in [0.29, 0.717) is 6.42 Å². The Morgan fingerprint density at radius 1 is 1.10 bits per heavy atom. The van der Waals surface area contributed by atoms with Crippen molar-refractivity contribution in [1.29, 1.82) is 0 Å². The number of carbonyl (C=O) groups is 2. The topological polar surface area (TPSA) is 53.5 Å². The highest BCUT2D eigenvalue weighted by atomic mass is 28.3. The highest BCUT2D eigenvalue weighted by Crippen LogP contribution is 2.46. The fraction of sp³-hybridized carbons (Fsp3) is 0.435. The smallest absolute Gasteiger partial charge is 0.249 e. The largest absolute Gasteiger partial charge is 0.357 e. The fourth-order valence-electron chi connectivity index (χ4n) is 3.76. The molecule has 5 nitrogen and oxygen atoms in total. The zero-order chi connectivity index (χ0) is 21.4. The van der Waals surface area contributed by atoms with Crippen molar-refractivity contribution in [1.82, 2.24) is 9.55 Å². The van der Waals surface area contributed by atoms with Gasteiger partial charge in [-0.3, -0.25) is 14.6 Å². The minimum atomic E-state index is -2.19. The van der Waals surface area contributed by atoms with E-state index < -0.39 is 14.3 Å². The maximum atomic E-state index is 13.6. The van der Waals surface area contributed by atoms with Crippen molar-refractivity contribution in [2.24, 2.45) is 5.92 Å². The van der Waals surface area contributed by atoms with E-state index in [1.807, 2.05) is 47.0 Å². The zero-order valence-electron chi connectivity index (χ0n) is 18.2. The highest BCUT2D eigenvalue weighted by Gasteiger charge is 2.60. The Kier molecular flexibility index (Phi) is 5.67. The summed E-state index contributed by atoms with van der Waals surface area (Å²) >= 11 is 0. The Bertz CT molecular complexity index is 878. The van der Waals surface area contributed by atoms with Crippen molar-refractivity contribution in [3.63, 3.8) is 0 Å². The first-order chi connectivity index (χ1) is 13.6. The van der Waals surface area contributed by atoms with Crippen molar-refractivity contribution < 1.29 is 9.59 Å². The molecule has 0 spiro atoms. The number of hydrogen-bond donors (Lipinski definition) is 0. The Morgan fingerprint density at radius 2 is 1.69 bits per heavy atom. The van der Waals surface area contributed by atoms with Gasteiger partial charge in [0.25, 0.3) is 0 Å². The van der Waals surface area contributed by atoms with Gasteiger partial charge in [0, 0.05) is 25.1 Å². The lowest BCUT2D eigenvalue weighted by molar-refractivity contribution is -0.154. The lowest BCUT2D eigenvalue weighted by atomic mass is 9.84. The van der Waals surface area contributed by atoms with Crippen molar-refractivity contribution in [3.8, 4) is 0 Å². The van der Waals surface area contributed by atoms with Crippen LogP contribution < -0.4 is 4.90 Å². The molecule has 0 bridgehead atoms. The maximum Gasteiger partial charge on any atom is 0.249 e. The van der Waals surface area contributed by atoms with Crippen molar-refractivity contribution in [2.45, 2.75) is 51.4 Å². The van der Waals surface area contributed by atoms with Crippen LogP contribution in [0.2, 0.25) is 18.1 Å². The number of carbonyl (C=O) groups excluding carboxylic acids is 2. The molecular weight excluding hydrogens is 378 g/mol. The molecule has 1 aliphatic heterocycles. The van der Waals surface area contributed by atoms with E-state index in [1.165, 1.54) is 0 Å². The van der Waals surface area contributed by atoms with Gasteiger partial charge in [-0.15, -0.1) is 0 Å². The Balaban J connectivity index is 1.95. The van der Waals surface area contributed by atoms with E-state index in [0.717, 1.165) is 11.3 Å². The third-order valence-corrected chi connectivity index (χ3v) is 12.0. The van der Waals surface area contributed by atoms with Gasteiger partial charge in [-0.2, -0.15) is 0 Å². The van der Waals surface area contributed by atoms with Crippen LogP contribution in [0.3, 0.4) is 0 Å². The quantitative estimate of drug-likeness (QED) is 0.551. The van der Waals surface area contributed by atoms with Gasteiger partial charge in [-0.25, -0.2) is 0 Å². The summed E-state index contributed by atoms with van der Waals surface area (Å²) in [6.45, 7) is 10.9. The van der Waals surface area contributed by atoms with E-state index in [9.17, 15) is 9.59 Å². The molecule has 0 aliphatic carbocycles.